The highest BCUT2D eigenvalue weighted by molar-refractivity contribution is 5.93. The van der Waals surface area contributed by atoms with Crippen LogP contribution >= 0.6 is 0 Å². The second-order valence-corrected chi connectivity index (χ2v) is 6.80. The van der Waals surface area contributed by atoms with Gasteiger partial charge in [-0.3, -0.25) is 9.59 Å². The Labute approximate surface area is 162 Å². The second kappa shape index (κ2) is 7.72. The van der Waals surface area contributed by atoms with Crippen LogP contribution in [0.15, 0.2) is 53.3 Å². The third kappa shape index (κ3) is 3.55. The predicted molar refractivity (Wildman–Crippen MR) is 109 cm³/mol. The molecule has 7 nitrogen and oxygen atoms in total. The maximum absolute atomic E-state index is 12.9. The third-order valence-electron chi connectivity index (χ3n) is 4.92. The Morgan fingerprint density at radius 3 is 2.43 bits per heavy atom. The summed E-state index contributed by atoms with van der Waals surface area (Å²) >= 11 is 0. The molecule has 0 bridgehead atoms. The number of aromatic nitrogens is 2. The maximum Gasteiger partial charge on any atom is 0.275 e. The van der Waals surface area contributed by atoms with Crippen LogP contribution in [0.5, 0.6) is 5.75 Å². The van der Waals surface area contributed by atoms with E-state index in [0.717, 1.165) is 37.1 Å². The van der Waals surface area contributed by atoms with Crippen molar-refractivity contribution in [2.75, 3.05) is 30.4 Å². The van der Waals surface area contributed by atoms with Crippen molar-refractivity contribution in [1.29, 1.82) is 0 Å². The number of ether oxygens (including phenoxy) is 1. The van der Waals surface area contributed by atoms with Crippen LogP contribution in [0.2, 0.25) is 0 Å². The van der Waals surface area contributed by atoms with Crippen LogP contribution in [-0.2, 0) is 11.3 Å². The molecule has 0 atom stereocenters. The minimum Gasteiger partial charge on any atom is -0.497 e. The number of hydrogen-bond acceptors (Lipinski definition) is 5. The molecule has 0 radical (unpaired) electrons. The van der Waals surface area contributed by atoms with E-state index in [1.54, 1.807) is 37.4 Å². The number of rotatable bonds is 5. The lowest BCUT2D eigenvalue weighted by Gasteiger charge is -2.19. The molecule has 4 rings (SSSR count). The van der Waals surface area contributed by atoms with Crippen molar-refractivity contribution in [2.45, 2.75) is 19.4 Å². The van der Waals surface area contributed by atoms with Crippen LogP contribution in [0.1, 0.15) is 12.8 Å². The third-order valence-corrected chi connectivity index (χ3v) is 4.92. The molecule has 0 unspecified atom stereocenters. The average molecular weight is 378 g/mol. The number of nitrogens with one attached hydrogen (secondary N) is 1. The fourth-order valence-electron chi connectivity index (χ4n) is 3.50. The molecule has 7 heteroatoms. The molecule has 2 heterocycles. The van der Waals surface area contributed by atoms with E-state index in [4.69, 9.17) is 4.74 Å². The van der Waals surface area contributed by atoms with Crippen molar-refractivity contribution in [3.05, 3.63) is 58.9 Å². The van der Waals surface area contributed by atoms with Gasteiger partial charge >= 0.3 is 0 Å². The smallest absolute Gasteiger partial charge is 0.275 e. The highest BCUT2D eigenvalue weighted by atomic mass is 16.5. The molecule has 3 aromatic rings. The Balaban J connectivity index is 1.63. The molecule has 144 valence electrons. The van der Waals surface area contributed by atoms with Crippen molar-refractivity contribution in [3.8, 4) is 5.75 Å². The minimum absolute atomic E-state index is 0.142. The molecule has 2 aromatic carbocycles. The maximum atomic E-state index is 12.9. The monoisotopic (exact) mass is 378 g/mol. The normalized spacial score (nSPS) is 13.7. The highest BCUT2D eigenvalue weighted by Gasteiger charge is 2.20. The topological polar surface area (TPSA) is 76.5 Å². The first-order valence-corrected chi connectivity index (χ1v) is 9.34. The lowest BCUT2D eigenvalue weighted by atomic mass is 10.2. The van der Waals surface area contributed by atoms with E-state index < -0.39 is 0 Å². The van der Waals surface area contributed by atoms with Gasteiger partial charge in [0.25, 0.3) is 5.56 Å². The van der Waals surface area contributed by atoms with Gasteiger partial charge in [-0.25, -0.2) is 4.68 Å². The summed E-state index contributed by atoms with van der Waals surface area (Å²) in [5.74, 6) is 1.17. The zero-order valence-corrected chi connectivity index (χ0v) is 15.7. The summed E-state index contributed by atoms with van der Waals surface area (Å²) in [5, 5.41) is 8.75. The van der Waals surface area contributed by atoms with Crippen LogP contribution < -0.4 is 20.5 Å². The van der Waals surface area contributed by atoms with Gasteiger partial charge in [0.05, 0.1) is 12.5 Å². The summed E-state index contributed by atoms with van der Waals surface area (Å²) in [6.45, 7) is 1.68. The molecule has 0 aliphatic carbocycles. The Morgan fingerprint density at radius 2 is 1.75 bits per heavy atom. The molecule has 1 N–H and O–H groups in total. The molecule has 1 saturated heterocycles. The summed E-state index contributed by atoms with van der Waals surface area (Å²) in [7, 11) is 1.59. The summed E-state index contributed by atoms with van der Waals surface area (Å²) < 4.78 is 6.37. The van der Waals surface area contributed by atoms with Crippen molar-refractivity contribution in [1.82, 2.24) is 9.78 Å². The summed E-state index contributed by atoms with van der Waals surface area (Å²) in [4.78, 5) is 27.5. The van der Waals surface area contributed by atoms with E-state index in [0.29, 0.717) is 16.8 Å². The Kier molecular flexibility index (Phi) is 4.97. The van der Waals surface area contributed by atoms with Crippen LogP contribution in [0.3, 0.4) is 0 Å². The number of amides is 1. The van der Waals surface area contributed by atoms with Crippen molar-refractivity contribution in [2.24, 2.45) is 0 Å². The van der Waals surface area contributed by atoms with Gasteiger partial charge in [-0.1, -0.05) is 18.2 Å². The zero-order valence-electron chi connectivity index (χ0n) is 15.7. The fraction of sp³-hybridized carbons (Fsp3) is 0.286. The van der Waals surface area contributed by atoms with Crippen molar-refractivity contribution in [3.63, 3.8) is 0 Å². The van der Waals surface area contributed by atoms with Crippen LogP contribution in [-0.4, -0.2) is 35.9 Å². The molecular formula is C21H22N4O3. The standard InChI is InChI=1S/C21H22N4O3/c1-28-16-10-8-15(9-11-16)22-19(26)14-25-21(27)18-7-3-2-6-17(18)20(23-25)24-12-4-5-13-24/h2-3,6-11H,4-5,12-14H2,1H3,(H,22,26). The SMILES string of the molecule is COc1ccc(NC(=O)Cn2nc(N3CCCC3)c3ccccc3c2=O)cc1. The number of hydrogen-bond donors (Lipinski definition) is 1. The quantitative estimate of drug-likeness (QED) is 0.739. The molecular weight excluding hydrogens is 356 g/mol. The van der Waals surface area contributed by atoms with E-state index in [-0.39, 0.29) is 18.0 Å². The van der Waals surface area contributed by atoms with Gasteiger partial charge in [0.1, 0.15) is 12.3 Å². The number of methoxy groups -OCH3 is 1. The number of carbonyl (C=O) groups excluding carboxylic acids is 1. The van der Waals surface area contributed by atoms with Gasteiger partial charge in [0.2, 0.25) is 5.91 Å². The molecule has 0 saturated carbocycles. The Hall–Kier alpha value is -3.35. The highest BCUT2D eigenvalue weighted by Crippen LogP contribution is 2.25. The molecule has 1 aliphatic heterocycles. The lowest BCUT2D eigenvalue weighted by molar-refractivity contribution is -0.117. The van der Waals surface area contributed by atoms with Crippen molar-refractivity contribution < 1.29 is 9.53 Å². The number of anilines is 2. The first kappa shape index (κ1) is 18.0. The zero-order chi connectivity index (χ0) is 19.5. The number of nitrogens with zero attached hydrogens (tertiary/aromatic N) is 3. The summed E-state index contributed by atoms with van der Waals surface area (Å²) in [5.41, 5.74) is 0.378. The Bertz CT molecular complexity index is 1050. The molecule has 1 fully saturated rings. The van der Waals surface area contributed by atoms with E-state index in [1.807, 2.05) is 18.2 Å². The van der Waals surface area contributed by atoms with E-state index in [9.17, 15) is 9.59 Å². The first-order chi connectivity index (χ1) is 13.7. The average Bonchev–Trinajstić information content (AvgIpc) is 3.25. The first-order valence-electron chi connectivity index (χ1n) is 9.34. The minimum atomic E-state index is -0.303. The van der Waals surface area contributed by atoms with Gasteiger partial charge in [-0.05, 0) is 43.2 Å². The molecule has 1 aliphatic rings. The van der Waals surface area contributed by atoms with E-state index in [2.05, 4.69) is 15.3 Å². The van der Waals surface area contributed by atoms with Crippen molar-refractivity contribution >= 4 is 28.2 Å². The fourth-order valence-corrected chi connectivity index (χ4v) is 3.50. The van der Waals surface area contributed by atoms with E-state index >= 15 is 0 Å². The van der Waals surface area contributed by atoms with Gasteiger partial charge in [-0.15, -0.1) is 0 Å². The molecule has 1 amide bonds. The molecule has 28 heavy (non-hydrogen) atoms. The van der Waals surface area contributed by atoms with Gasteiger partial charge in [-0.2, -0.15) is 5.10 Å². The van der Waals surface area contributed by atoms with E-state index in [1.165, 1.54) is 4.68 Å². The Morgan fingerprint density at radius 1 is 1.07 bits per heavy atom. The summed E-state index contributed by atoms with van der Waals surface area (Å²) in [6, 6.07) is 14.5. The predicted octanol–water partition coefficient (Wildman–Crippen LogP) is 2.64. The van der Waals surface area contributed by atoms with Gasteiger partial charge < -0.3 is 15.0 Å². The van der Waals surface area contributed by atoms with Crippen LogP contribution in [0.25, 0.3) is 10.8 Å². The van der Waals surface area contributed by atoms with Crippen LogP contribution in [0.4, 0.5) is 11.5 Å². The molecule has 1 aromatic heterocycles. The second-order valence-electron chi connectivity index (χ2n) is 6.80. The number of carbonyl (C=O) groups is 1. The largest absolute Gasteiger partial charge is 0.497 e. The number of fused-ring (bicyclic) bond motifs is 1. The molecule has 0 spiro atoms. The van der Waals surface area contributed by atoms with Gasteiger partial charge in [0.15, 0.2) is 5.82 Å². The van der Waals surface area contributed by atoms with Gasteiger partial charge in [0, 0.05) is 24.2 Å². The lowest BCUT2D eigenvalue weighted by Crippen LogP contribution is -2.32. The van der Waals surface area contributed by atoms with Crippen LogP contribution in [0, 0.1) is 0 Å². The number of benzene rings is 2. The summed E-state index contributed by atoms with van der Waals surface area (Å²) in [6.07, 6.45) is 2.21.